The van der Waals surface area contributed by atoms with E-state index in [1.54, 1.807) is 25.3 Å². The van der Waals surface area contributed by atoms with Crippen LogP contribution < -0.4 is 10.2 Å². The number of nitrogens with one attached hydrogen (secondary N) is 1. The number of aryl methyl sites for hydroxylation is 2. The molecule has 2 aliphatic heterocycles. The Morgan fingerprint density at radius 3 is 2.44 bits per heavy atom. The molecule has 0 aliphatic carbocycles. The summed E-state index contributed by atoms with van der Waals surface area (Å²) >= 11 is 6.55. The van der Waals surface area contributed by atoms with Crippen molar-refractivity contribution < 1.29 is 19.1 Å². The summed E-state index contributed by atoms with van der Waals surface area (Å²) < 4.78 is 5.49. The Morgan fingerprint density at radius 1 is 1.03 bits per heavy atom. The normalized spacial score (nSPS) is 17.6. The molecule has 4 rings (SSSR count). The smallest absolute Gasteiger partial charge is 0.267 e. The molecule has 0 bridgehead atoms. The molecule has 1 fully saturated rings. The minimum Gasteiger partial charge on any atom is -0.385 e. The highest BCUT2D eigenvalue weighted by Crippen LogP contribution is 2.44. The summed E-state index contributed by atoms with van der Waals surface area (Å²) in [6.07, 6.45) is 0.640. The first-order chi connectivity index (χ1) is 16.3. The number of thioether (sulfide) groups is 1. The van der Waals surface area contributed by atoms with Crippen molar-refractivity contribution in [3.05, 3.63) is 64.1 Å². The largest absolute Gasteiger partial charge is 0.385 e. The highest BCUT2D eigenvalue weighted by molar-refractivity contribution is 8.26. The predicted octanol–water partition coefficient (Wildman–Crippen LogP) is 3.90. The fourth-order valence-corrected chi connectivity index (χ4v) is 5.48. The molecule has 0 spiro atoms. The third-order valence-corrected chi connectivity index (χ3v) is 7.23. The van der Waals surface area contributed by atoms with Crippen LogP contribution in [0.15, 0.2) is 47.4 Å². The van der Waals surface area contributed by atoms with E-state index in [-0.39, 0.29) is 24.3 Å². The molecule has 34 heavy (non-hydrogen) atoms. The molecule has 176 valence electrons. The van der Waals surface area contributed by atoms with Crippen molar-refractivity contribution in [3.63, 3.8) is 0 Å². The van der Waals surface area contributed by atoms with Crippen LogP contribution in [0.3, 0.4) is 0 Å². The maximum Gasteiger partial charge on any atom is 0.267 e. The minimum atomic E-state index is -0.379. The number of benzene rings is 2. The summed E-state index contributed by atoms with van der Waals surface area (Å²) in [6, 6.07) is 13.0. The van der Waals surface area contributed by atoms with Gasteiger partial charge in [-0.2, -0.15) is 0 Å². The highest BCUT2D eigenvalue weighted by atomic mass is 32.2. The zero-order valence-corrected chi connectivity index (χ0v) is 20.8. The van der Waals surface area contributed by atoms with Gasteiger partial charge in [0.2, 0.25) is 5.91 Å². The van der Waals surface area contributed by atoms with E-state index < -0.39 is 0 Å². The topological polar surface area (TPSA) is 79.0 Å². The first kappa shape index (κ1) is 24.1. The first-order valence-corrected chi connectivity index (χ1v) is 12.1. The second-order valence-electron chi connectivity index (χ2n) is 8.10. The Balaban J connectivity index is 1.62. The van der Waals surface area contributed by atoms with Crippen molar-refractivity contribution in [3.8, 4) is 0 Å². The SMILES string of the molecule is COCCCN1C(=O)C(=C2C(=O)N(CC(=O)Nc3c(C)cccc3C)c3ccccc32)SC1=S. The lowest BCUT2D eigenvalue weighted by Gasteiger charge is -2.18. The summed E-state index contributed by atoms with van der Waals surface area (Å²) in [5.74, 6) is -0.977. The number of ether oxygens (including phenoxy) is 1. The van der Waals surface area contributed by atoms with Crippen molar-refractivity contribution in [2.24, 2.45) is 0 Å². The summed E-state index contributed by atoms with van der Waals surface area (Å²) in [5.41, 5.74) is 4.15. The van der Waals surface area contributed by atoms with Crippen molar-refractivity contribution in [2.45, 2.75) is 20.3 Å². The number of fused-ring (bicyclic) bond motifs is 1. The molecule has 0 aromatic heterocycles. The van der Waals surface area contributed by atoms with E-state index in [9.17, 15) is 14.4 Å². The van der Waals surface area contributed by atoms with Crippen LogP contribution in [-0.4, -0.2) is 53.7 Å². The van der Waals surface area contributed by atoms with E-state index in [0.29, 0.717) is 45.6 Å². The van der Waals surface area contributed by atoms with Gasteiger partial charge in [0.15, 0.2) is 0 Å². The number of hydrogen-bond donors (Lipinski definition) is 1. The Kier molecular flexibility index (Phi) is 7.16. The van der Waals surface area contributed by atoms with E-state index in [1.807, 2.05) is 38.1 Å². The van der Waals surface area contributed by atoms with Crippen molar-refractivity contribution >= 4 is 63.0 Å². The third-order valence-electron chi connectivity index (χ3n) is 5.78. The number of anilines is 2. The van der Waals surface area contributed by atoms with Gasteiger partial charge in [0.05, 0.1) is 16.2 Å². The second kappa shape index (κ2) is 10.1. The van der Waals surface area contributed by atoms with Gasteiger partial charge >= 0.3 is 0 Å². The van der Waals surface area contributed by atoms with Crippen LogP contribution in [0.2, 0.25) is 0 Å². The fraction of sp³-hybridized carbons (Fsp3) is 0.280. The van der Waals surface area contributed by atoms with E-state index in [4.69, 9.17) is 17.0 Å². The van der Waals surface area contributed by atoms with Gasteiger partial charge in [-0.05, 0) is 37.5 Å². The maximum atomic E-state index is 13.5. The summed E-state index contributed by atoms with van der Waals surface area (Å²) in [6.45, 7) is 4.61. The number of thiocarbonyl (C=S) groups is 1. The number of carbonyl (C=O) groups excluding carboxylic acids is 3. The molecule has 0 unspecified atom stereocenters. The summed E-state index contributed by atoms with van der Waals surface area (Å²) in [5, 5.41) is 2.93. The molecule has 1 saturated heterocycles. The average Bonchev–Trinajstić information content (AvgIpc) is 3.24. The monoisotopic (exact) mass is 495 g/mol. The predicted molar refractivity (Wildman–Crippen MR) is 139 cm³/mol. The highest BCUT2D eigenvalue weighted by Gasteiger charge is 2.42. The first-order valence-electron chi connectivity index (χ1n) is 10.9. The lowest BCUT2D eigenvalue weighted by Crippen LogP contribution is -2.36. The molecule has 2 heterocycles. The number of rotatable bonds is 7. The Hall–Kier alpha value is -3.01. The molecule has 3 amide bonds. The number of nitrogens with zero attached hydrogens (tertiary/aromatic N) is 2. The number of amides is 3. The molecule has 0 saturated carbocycles. The number of methoxy groups -OCH3 is 1. The molecule has 1 N–H and O–H groups in total. The Bertz CT molecular complexity index is 1200. The number of carbonyl (C=O) groups is 3. The van der Waals surface area contributed by atoms with Crippen LogP contribution >= 0.6 is 24.0 Å². The number of para-hydroxylation sites is 2. The second-order valence-corrected chi connectivity index (χ2v) is 9.74. The van der Waals surface area contributed by atoms with Crippen molar-refractivity contribution in [1.82, 2.24) is 4.90 Å². The Morgan fingerprint density at radius 2 is 1.74 bits per heavy atom. The molecular formula is C25H25N3O4S2. The molecule has 0 atom stereocenters. The zero-order valence-electron chi connectivity index (χ0n) is 19.2. The van der Waals surface area contributed by atoms with Gasteiger partial charge < -0.3 is 10.1 Å². The average molecular weight is 496 g/mol. The zero-order chi connectivity index (χ0) is 24.4. The maximum absolute atomic E-state index is 13.5. The van der Waals surface area contributed by atoms with Gasteiger partial charge in [-0.3, -0.25) is 24.2 Å². The van der Waals surface area contributed by atoms with Crippen LogP contribution in [0.4, 0.5) is 11.4 Å². The number of hydrogen-bond acceptors (Lipinski definition) is 6. The van der Waals surface area contributed by atoms with E-state index in [2.05, 4.69) is 5.32 Å². The molecule has 2 aromatic rings. The molecular weight excluding hydrogens is 470 g/mol. The van der Waals surface area contributed by atoms with Crippen LogP contribution in [0.5, 0.6) is 0 Å². The quantitative estimate of drug-likeness (QED) is 0.357. The van der Waals surface area contributed by atoms with E-state index in [0.717, 1.165) is 28.6 Å². The van der Waals surface area contributed by atoms with Crippen molar-refractivity contribution in [2.75, 3.05) is 37.0 Å². The standard InChI is InChI=1S/C25H25N3O4S2/c1-15-8-6-9-16(2)21(15)26-19(29)14-28-18-11-5-4-10-17(18)20(23(28)30)22-24(31)27(25(33)34-22)12-7-13-32-3/h4-6,8-11H,7,12-14H2,1-3H3,(H,26,29). The molecule has 9 heteroatoms. The third kappa shape index (κ3) is 4.51. The summed E-state index contributed by atoms with van der Waals surface area (Å²) in [7, 11) is 1.60. The van der Waals surface area contributed by atoms with Crippen molar-refractivity contribution in [1.29, 1.82) is 0 Å². The van der Waals surface area contributed by atoms with Crippen LogP contribution in [0.25, 0.3) is 5.57 Å². The molecule has 0 radical (unpaired) electrons. The Labute approximate surface area is 208 Å². The molecule has 2 aromatic carbocycles. The van der Waals surface area contributed by atoms with E-state index >= 15 is 0 Å². The van der Waals surface area contributed by atoms with Crippen LogP contribution in [-0.2, 0) is 19.1 Å². The lowest BCUT2D eigenvalue weighted by molar-refractivity contribution is -0.122. The fourth-order valence-electron chi connectivity index (χ4n) is 4.10. The van der Waals surface area contributed by atoms with Gasteiger partial charge in [0.25, 0.3) is 11.8 Å². The van der Waals surface area contributed by atoms with Gasteiger partial charge in [-0.15, -0.1) is 0 Å². The minimum absolute atomic E-state index is 0.165. The summed E-state index contributed by atoms with van der Waals surface area (Å²) in [4.78, 5) is 42.9. The van der Waals surface area contributed by atoms with Gasteiger partial charge in [-0.25, -0.2) is 0 Å². The lowest BCUT2D eigenvalue weighted by atomic mass is 10.1. The van der Waals surface area contributed by atoms with Crippen LogP contribution in [0.1, 0.15) is 23.1 Å². The molecule has 7 nitrogen and oxygen atoms in total. The van der Waals surface area contributed by atoms with Gasteiger partial charge in [-0.1, -0.05) is 60.4 Å². The van der Waals surface area contributed by atoms with Gasteiger partial charge in [0.1, 0.15) is 10.9 Å². The van der Waals surface area contributed by atoms with E-state index in [1.165, 1.54) is 9.80 Å². The molecule has 2 aliphatic rings. The van der Waals surface area contributed by atoms with Crippen LogP contribution in [0, 0.1) is 13.8 Å². The van der Waals surface area contributed by atoms with Gasteiger partial charge in [0, 0.05) is 31.5 Å².